The maximum Gasteiger partial charge on any atom is 0.445 e. The van der Waals surface area contributed by atoms with Gasteiger partial charge in [-0.3, -0.25) is 14.0 Å². The van der Waals surface area contributed by atoms with Gasteiger partial charge in [-0.05, 0) is 49.2 Å². The molecule has 4 heterocycles. The Morgan fingerprint density at radius 2 is 1.78 bits per heavy atom. The first-order valence-electron chi connectivity index (χ1n) is 13.8. The Morgan fingerprint density at radius 1 is 1.07 bits per heavy atom. The number of aromatic nitrogens is 4. The number of amides is 1. The number of carbonyl (C=O) groups excluding carboxylic acids is 2. The summed E-state index contributed by atoms with van der Waals surface area (Å²) in [5, 5.41) is 5.63. The Kier molecular flexibility index (Phi) is 8.09. The van der Waals surface area contributed by atoms with Crippen LogP contribution in [0.1, 0.15) is 28.2 Å². The van der Waals surface area contributed by atoms with E-state index in [2.05, 4.69) is 19.9 Å². The molecule has 1 amide bonds. The van der Waals surface area contributed by atoms with Gasteiger partial charge < -0.3 is 14.5 Å². The van der Waals surface area contributed by atoms with Crippen molar-refractivity contribution in [3.8, 4) is 16.6 Å². The summed E-state index contributed by atoms with van der Waals surface area (Å²) < 4.78 is 75.3. The number of ether oxygens (including phenoxy) is 1. The molecule has 45 heavy (non-hydrogen) atoms. The number of sulfonamides is 1. The summed E-state index contributed by atoms with van der Waals surface area (Å²) in [5.74, 6) is -0.0654. The van der Waals surface area contributed by atoms with Gasteiger partial charge in [0.05, 0.1) is 24.5 Å². The molecule has 12 nitrogen and oxygen atoms in total. The largest absolute Gasteiger partial charge is 0.497 e. The zero-order valence-electron chi connectivity index (χ0n) is 23.7. The minimum absolute atomic E-state index is 0.0169. The molecule has 1 N–H and O–H groups in total. The molecule has 1 saturated heterocycles. The Morgan fingerprint density at radius 3 is 2.40 bits per heavy atom. The van der Waals surface area contributed by atoms with E-state index in [-0.39, 0.29) is 46.5 Å². The van der Waals surface area contributed by atoms with Crippen LogP contribution >= 0.6 is 11.3 Å². The number of nitrogens with zero attached hydrogens (tertiary/aromatic N) is 6. The first-order chi connectivity index (χ1) is 21.4. The number of carbonyl (C=O) groups is 2. The number of halogens is 3. The second-order valence-electron chi connectivity index (χ2n) is 10.4. The van der Waals surface area contributed by atoms with Crippen molar-refractivity contribution in [2.75, 3.05) is 38.2 Å². The summed E-state index contributed by atoms with van der Waals surface area (Å²) in [4.78, 5) is 33.0. The molecule has 3 aromatic heterocycles. The predicted molar refractivity (Wildman–Crippen MR) is 158 cm³/mol. The Bertz CT molecular complexity index is 1890. The Labute approximate surface area is 259 Å². The third-order valence-electron chi connectivity index (χ3n) is 7.35. The number of rotatable bonds is 9. The zero-order chi connectivity index (χ0) is 31.9. The van der Waals surface area contributed by atoms with Crippen molar-refractivity contribution in [1.29, 1.82) is 0 Å². The van der Waals surface area contributed by atoms with Gasteiger partial charge in [-0.15, -0.1) is 10.2 Å². The number of hydrogen-bond acceptors (Lipinski definition) is 10. The highest BCUT2D eigenvalue weighted by Gasteiger charge is 2.36. The molecule has 0 spiro atoms. The van der Waals surface area contributed by atoms with Gasteiger partial charge >= 0.3 is 6.18 Å². The van der Waals surface area contributed by atoms with E-state index in [9.17, 15) is 31.2 Å². The van der Waals surface area contributed by atoms with E-state index in [0.717, 1.165) is 0 Å². The van der Waals surface area contributed by atoms with Gasteiger partial charge in [0.15, 0.2) is 16.6 Å². The average Bonchev–Trinajstić information content (AvgIpc) is 3.49. The molecule has 0 unspecified atom stereocenters. The molecule has 17 heteroatoms. The van der Waals surface area contributed by atoms with Crippen molar-refractivity contribution in [3.63, 3.8) is 0 Å². The predicted octanol–water partition coefficient (Wildman–Crippen LogP) is 3.41. The van der Waals surface area contributed by atoms with Gasteiger partial charge in [0.1, 0.15) is 10.6 Å². The number of anilines is 1. The van der Waals surface area contributed by atoms with E-state index >= 15 is 0 Å². The number of alkyl halides is 3. The zero-order valence-corrected chi connectivity index (χ0v) is 25.3. The second-order valence-corrected chi connectivity index (χ2v) is 13.1. The molecular weight excluding hydrogens is 635 g/mol. The molecule has 1 aromatic carbocycles. The molecule has 6 rings (SSSR count). The molecule has 2 aliphatic rings. The van der Waals surface area contributed by atoms with E-state index in [1.165, 1.54) is 42.1 Å². The topological polar surface area (TPSA) is 139 Å². The van der Waals surface area contributed by atoms with Crippen LogP contribution in [0, 0.1) is 0 Å². The fraction of sp³-hybridized carbons (Fsp3) is 0.321. The van der Waals surface area contributed by atoms with Crippen molar-refractivity contribution >= 4 is 44.3 Å². The summed E-state index contributed by atoms with van der Waals surface area (Å²) in [6.07, 6.45) is 1.92. The van der Waals surface area contributed by atoms with Crippen molar-refractivity contribution in [1.82, 2.24) is 29.2 Å². The van der Waals surface area contributed by atoms with Gasteiger partial charge in [0.2, 0.25) is 20.9 Å². The van der Waals surface area contributed by atoms with Crippen LogP contribution in [-0.2, 0) is 21.0 Å². The summed E-state index contributed by atoms with van der Waals surface area (Å²) >= 11 is 0.309. The third-order valence-corrected chi connectivity index (χ3v) is 9.80. The first kappa shape index (κ1) is 30.7. The number of allylic oxidation sites excluding steroid dienone is 1. The maximum atomic E-state index is 13.2. The SMILES string of the molecule is COc1ccc(C(=O)/C=C/C(=O)N2CCN(c3cc(S(=O)(=O)NC4CC4)cn4c(-c5nnc(C(F)(F)F)s5)ncc34)CC2)cc1. The van der Waals surface area contributed by atoms with Crippen molar-refractivity contribution in [2.45, 2.75) is 30.0 Å². The number of pyridine rings is 1. The van der Waals surface area contributed by atoms with Gasteiger partial charge in [-0.25, -0.2) is 18.1 Å². The molecule has 1 aliphatic carbocycles. The lowest BCUT2D eigenvalue weighted by Gasteiger charge is -2.36. The van der Waals surface area contributed by atoms with Crippen LogP contribution in [0.4, 0.5) is 18.9 Å². The van der Waals surface area contributed by atoms with Crippen LogP contribution in [0.3, 0.4) is 0 Å². The quantitative estimate of drug-likeness (QED) is 0.211. The van der Waals surface area contributed by atoms with Crippen LogP contribution in [0.5, 0.6) is 5.75 Å². The molecule has 1 aliphatic heterocycles. The smallest absolute Gasteiger partial charge is 0.445 e. The lowest BCUT2D eigenvalue weighted by molar-refractivity contribution is -0.138. The van der Waals surface area contributed by atoms with E-state index in [1.54, 1.807) is 29.2 Å². The lowest BCUT2D eigenvalue weighted by Crippen LogP contribution is -2.48. The minimum atomic E-state index is -4.69. The second kappa shape index (κ2) is 11.9. The van der Waals surface area contributed by atoms with Crippen molar-refractivity contribution in [2.24, 2.45) is 0 Å². The van der Waals surface area contributed by atoms with Crippen molar-refractivity contribution < 1.29 is 35.9 Å². The summed E-state index contributed by atoms with van der Waals surface area (Å²) in [7, 11) is -2.44. The highest BCUT2D eigenvalue weighted by molar-refractivity contribution is 7.89. The summed E-state index contributed by atoms with van der Waals surface area (Å²) in [6, 6.07) is 7.83. The molecule has 1 saturated carbocycles. The van der Waals surface area contributed by atoms with E-state index < -0.39 is 21.2 Å². The van der Waals surface area contributed by atoms with Crippen LogP contribution in [0.15, 0.2) is 59.8 Å². The third kappa shape index (κ3) is 6.55. The molecule has 2 fully saturated rings. The maximum absolute atomic E-state index is 13.2. The number of ketones is 1. The fourth-order valence-corrected chi connectivity index (χ4v) is 6.83. The van der Waals surface area contributed by atoms with E-state index in [0.29, 0.717) is 59.8 Å². The molecule has 0 atom stereocenters. The van der Waals surface area contributed by atoms with Gasteiger partial charge in [-0.2, -0.15) is 13.2 Å². The van der Waals surface area contributed by atoms with Crippen LogP contribution in [0.2, 0.25) is 0 Å². The molecule has 0 bridgehead atoms. The van der Waals surface area contributed by atoms with E-state index in [1.807, 2.05) is 4.90 Å². The van der Waals surface area contributed by atoms with Crippen molar-refractivity contribution in [3.05, 3.63) is 65.4 Å². The molecular formula is C28H26F3N7O5S2. The highest BCUT2D eigenvalue weighted by Crippen LogP contribution is 2.36. The number of imidazole rings is 1. The first-order valence-corrected chi connectivity index (χ1v) is 16.1. The number of fused-ring (bicyclic) bond motifs is 1. The van der Waals surface area contributed by atoms with Gasteiger partial charge in [0, 0.05) is 50.1 Å². The normalized spacial score (nSPS) is 16.1. The minimum Gasteiger partial charge on any atom is -0.497 e. The summed E-state index contributed by atoms with van der Waals surface area (Å²) in [5.41, 5.74) is 1.33. The fourth-order valence-electron chi connectivity index (χ4n) is 4.80. The van der Waals surface area contributed by atoms with Crippen LogP contribution < -0.4 is 14.4 Å². The monoisotopic (exact) mass is 661 g/mol. The summed E-state index contributed by atoms with van der Waals surface area (Å²) in [6.45, 7) is 1.18. The highest BCUT2D eigenvalue weighted by atomic mass is 32.2. The van der Waals surface area contributed by atoms with Gasteiger partial charge in [-0.1, -0.05) is 11.3 Å². The standard InChI is InChI=1S/C28H26F3N7O5S2/c1-43-19-6-2-17(3-7-19)23(39)8-9-24(40)37-12-10-36(11-13-37)21-14-20(45(41,42)35-18-4-5-18)16-38-22(21)15-32-25(38)26-33-34-27(44-26)28(29,30)31/h2-3,6-9,14-16,18,35H,4-5,10-13H2,1H3/b9-8+. The number of piperazine rings is 1. The Hall–Kier alpha value is -4.35. The number of nitrogens with one attached hydrogen (secondary N) is 1. The number of methoxy groups -OCH3 is 1. The Balaban J connectivity index is 1.24. The average molecular weight is 662 g/mol. The van der Waals surface area contributed by atoms with Crippen LogP contribution in [-0.4, -0.2) is 83.9 Å². The molecule has 4 aromatic rings. The lowest BCUT2D eigenvalue weighted by atomic mass is 10.1. The number of hydrogen-bond donors (Lipinski definition) is 1. The number of benzene rings is 1. The van der Waals surface area contributed by atoms with E-state index in [4.69, 9.17) is 4.74 Å². The molecule has 0 radical (unpaired) electrons. The molecule has 236 valence electrons. The van der Waals surface area contributed by atoms with Gasteiger partial charge in [0.25, 0.3) is 0 Å². The van der Waals surface area contributed by atoms with Crippen LogP contribution in [0.25, 0.3) is 16.3 Å².